The molecule has 0 aromatic heterocycles. The second kappa shape index (κ2) is 8.99. The molecule has 2 N–H and O–H groups in total. The van der Waals surface area contributed by atoms with Crippen molar-refractivity contribution in [2.75, 3.05) is 5.32 Å². The van der Waals surface area contributed by atoms with E-state index in [2.05, 4.69) is 10.6 Å². The van der Waals surface area contributed by atoms with E-state index in [1.165, 1.54) is 0 Å². The molecule has 1 amide bonds. The van der Waals surface area contributed by atoms with Gasteiger partial charge in [-0.05, 0) is 60.9 Å². The molecule has 1 aliphatic heterocycles. The van der Waals surface area contributed by atoms with Crippen LogP contribution in [0.4, 0.5) is 5.69 Å². The Kier molecular flexibility index (Phi) is 6.16. The van der Waals surface area contributed by atoms with Crippen molar-refractivity contribution in [3.05, 3.63) is 94.0 Å². The van der Waals surface area contributed by atoms with E-state index in [1.54, 1.807) is 0 Å². The Morgan fingerprint density at radius 1 is 1.00 bits per heavy atom. The van der Waals surface area contributed by atoms with Crippen LogP contribution in [0.1, 0.15) is 24.0 Å². The predicted molar refractivity (Wildman–Crippen MR) is 121 cm³/mol. The lowest BCUT2D eigenvalue weighted by atomic mass is 9.86. The summed E-state index contributed by atoms with van der Waals surface area (Å²) in [6.07, 6.45) is 0.00522. The van der Waals surface area contributed by atoms with Crippen LogP contribution in [0.3, 0.4) is 0 Å². The number of ether oxygens (including phenoxy) is 1. The molecule has 0 fully saturated rings. The van der Waals surface area contributed by atoms with Gasteiger partial charge in [-0.3, -0.25) is 4.79 Å². The third-order valence-electron chi connectivity index (χ3n) is 5.30. The molecule has 0 saturated heterocycles. The van der Waals surface area contributed by atoms with Crippen molar-refractivity contribution < 1.29 is 9.53 Å². The van der Waals surface area contributed by atoms with Crippen molar-refractivity contribution in [1.82, 2.24) is 5.32 Å². The van der Waals surface area contributed by atoms with Crippen LogP contribution < -0.4 is 15.4 Å². The third kappa shape index (κ3) is 4.72. The molecule has 1 aliphatic rings. The van der Waals surface area contributed by atoms with Gasteiger partial charge in [0, 0.05) is 22.0 Å². The van der Waals surface area contributed by atoms with Crippen molar-refractivity contribution >= 4 is 34.8 Å². The van der Waals surface area contributed by atoms with Gasteiger partial charge in [-0.2, -0.15) is 0 Å². The first kappa shape index (κ1) is 20.6. The standard InChI is InChI=1S/C24H22Cl2N2O2/c1-15(27-23(29)24-28-21-4-2-3-5-22(21)30-24)20(17-8-12-19(26)13-9-17)14-16-6-10-18(25)11-7-16/h2-13,15,20,24,28H,14H2,1H3,(H,27,29)/t15-,20+,24?/m1/s1. The van der Waals surface area contributed by atoms with Gasteiger partial charge < -0.3 is 15.4 Å². The predicted octanol–water partition coefficient (Wildman–Crippen LogP) is 5.66. The average molecular weight is 441 g/mol. The summed E-state index contributed by atoms with van der Waals surface area (Å²) in [5.74, 6) is 0.533. The minimum Gasteiger partial charge on any atom is -0.459 e. The number of hydrogen-bond acceptors (Lipinski definition) is 3. The fourth-order valence-corrected chi connectivity index (χ4v) is 3.93. The lowest BCUT2D eigenvalue weighted by Crippen LogP contribution is -2.46. The molecule has 4 rings (SSSR count). The molecule has 0 bridgehead atoms. The number of amides is 1. The molecular weight excluding hydrogens is 419 g/mol. The maximum Gasteiger partial charge on any atom is 0.282 e. The zero-order valence-corrected chi connectivity index (χ0v) is 18.0. The number of nitrogens with one attached hydrogen (secondary N) is 2. The van der Waals surface area contributed by atoms with Crippen molar-refractivity contribution in [3.8, 4) is 5.75 Å². The van der Waals surface area contributed by atoms with E-state index >= 15 is 0 Å². The van der Waals surface area contributed by atoms with E-state index in [0.717, 1.165) is 23.2 Å². The summed E-state index contributed by atoms with van der Waals surface area (Å²) in [5, 5.41) is 7.61. The molecule has 3 aromatic rings. The first-order valence-electron chi connectivity index (χ1n) is 9.82. The Hall–Kier alpha value is -2.69. The van der Waals surface area contributed by atoms with Gasteiger partial charge in [0.2, 0.25) is 6.23 Å². The van der Waals surface area contributed by atoms with Gasteiger partial charge in [-0.25, -0.2) is 0 Å². The summed E-state index contributed by atoms with van der Waals surface area (Å²) < 4.78 is 5.75. The van der Waals surface area contributed by atoms with Crippen LogP contribution in [-0.2, 0) is 11.2 Å². The molecule has 3 aromatic carbocycles. The number of carbonyl (C=O) groups is 1. The smallest absolute Gasteiger partial charge is 0.282 e. The Morgan fingerprint density at radius 3 is 2.30 bits per heavy atom. The van der Waals surface area contributed by atoms with Crippen LogP contribution in [0.2, 0.25) is 10.0 Å². The Morgan fingerprint density at radius 2 is 1.63 bits per heavy atom. The van der Waals surface area contributed by atoms with Crippen LogP contribution in [-0.4, -0.2) is 18.2 Å². The number of halogens is 2. The topological polar surface area (TPSA) is 50.4 Å². The van der Waals surface area contributed by atoms with Gasteiger partial charge >= 0.3 is 0 Å². The quantitative estimate of drug-likeness (QED) is 0.520. The van der Waals surface area contributed by atoms with Crippen molar-refractivity contribution in [1.29, 1.82) is 0 Å². The first-order valence-corrected chi connectivity index (χ1v) is 10.6. The highest BCUT2D eigenvalue weighted by molar-refractivity contribution is 6.30. The zero-order chi connectivity index (χ0) is 21.1. The monoisotopic (exact) mass is 440 g/mol. The number of hydrogen-bond donors (Lipinski definition) is 2. The van der Waals surface area contributed by atoms with Crippen LogP contribution in [0, 0.1) is 0 Å². The highest BCUT2D eigenvalue weighted by Crippen LogP contribution is 2.31. The molecule has 6 heteroatoms. The number of rotatable bonds is 6. The van der Waals surface area contributed by atoms with Gasteiger partial charge in [0.1, 0.15) is 5.75 Å². The summed E-state index contributed by atoms with van der Waals surface area (Å²) in [6, 6.07) is 22.9. The highest BCUT2D eigenvalue weighted by Gasteiger charge is 2.30. The lowest BCUT2D eigenvalue weighted by Gasteiger charge is -2.27. The number of carbonyl (C=O) groups excluding carboxylic acids is 1. The van der Waals surface area contributed by atoms with Crippen LogP contribution in [0.15, 0.2) is 72.8 Å². The molecule has 0 aliphatic carbocycles. The minimum atomic E-state index is -0.744. The average Bonchev–Trinajstić information content (AvgIpc) is 3.18. The molecule has 3 atom stereocenters. The SMILES string of the molecule is C[C@@H](NC(=O)C1Nc2ccccc2O1)[C@H](Cc1ccc(Cl)cc1)c1ccc(Cl)cc1. The van der Waals surface area contributed by atoms with Crippen LogP contribution in [0.5, 0.6) is 5.75 Å². The number of benzene rings is 3. The second-order valence-corrected chi connectivity index (χ2v) is 8.30. The largest absolute Gasteiger partial charge is 0.459 e. The third-order valence-corrected chi connectivity index (χ3v) is 5.80. The molecule has 0 radical (unpaired) electrons. The van der Waals surface area contributed by atoms with Gasteiger partial charge in [0.25, 0.3) is 5.91 Å². The van der Waals surface area contributed by atoms with E-state index in [0.29, 0.717) is 15.8 Å². The lowest BCUT2D eigenvalue weighted by molar-refractivity contribution is -0.127. The van der Waals surface area contributed by atoms with E-state index in [-0.39, 0.29) is 17.9 Å². The Balaban J connectivity index is 1.50. The summed E-state index contributed by atoms with van der Waals surface area (Å²) in [5.41, 5.74) is 3.06. The summed E-state index contributed by atoms with van der Waals surface area (Å²) in [4.78, 5) is 12.9. The summed E-state index contributed by atoms with van der Waals surface area (Å²) >= 11 is 12.1. The molecule has 1 heterocycles. The van der Waals surface area contributed by atoms with E-state index in [1.807, 2.05) is 79.7 Å². The molecule has 0 spiro atoms. The number of fused-ring (bicyclic) bond motifs is 1. The number of anilines is 1. The first-order chi connectivity index (χ1) is 14.5. The van der Waals surface area contributed by atoms with Gasteiger partial charge in [0.15, 0.2) is 0 Å². The van der Waals surface area contributed by atoms with Crippen molar-refractivity contribution in [2.45, 2.75) is 31.5 Å². The fraction of sp³-hybridized carbons (Fsp3) is 0.208. The van der Waals surface area contributed by atoms with E-state index in [9.17, 15) is 4.79 Å². The maximum absolute atomic E-state index is 12.9. The fourth-order valence-electron chi connectivity index (χ4n) is 3.67. The van der Waals surface area contributed by atoms with Crippen LogP contribution in [0.25, 0.3) is 0 Å². The van der Waals surface area contributed by atoms with E-state index in [4.69, 9.17) is 27.9 Å². The Bertz CT molecular complexity index is 997. The summed E-state index contributed by atoms with van der Waals surface area (Å²) in [6.45, 7) is 2.01. The van der Waals surface area contributed by atoms with E-state index < -0.39 is 6.23 Å². The van der Waals surface area contributed by atoms with Crippen molar-refractivity contribution in [2.24, 2.45) is 0 Å². The van der Waals surface area contributed by atoms with Crippen LogP contribution >= 0.6 is 23.2 Å². The van der Waals surface area contributed by atoms with Gasteiger partial charge in [-0.1, -0.05) is 59.6 Å². The number of para-hydroxylation sites is 2. The summed E-state index contributed by atoms with van der Waals surface area (Å²) in [7, 11) is 0. The second-order valence-electron chi connectivity index (χ2n) is 7.42. The van der Waals surface area contributed by atoms with Crippen molar-refractivity contribution in [3.63, 3.8) is 0 Å². The van der Waals surface area contributed by atoms with Gasteiger partial charge in [-0.15, -0.1) is 0 Å². The maximum atomic E-state index is 12.9. The minimum absolute atomic E-state index is 0.0520. The Labute approximate surface area is 186 Å². The molecule has 1 unspecified atom stereocenters. The normalized spacial score (nSPS) is 16.7. The molecule has 30 heavy (non-hydrogen) atoms. The zero-order valence-electron chi connectivity index (χ0n) is 16.4. The highest BCUT2D eigenvalue weighted by atomic mass is 35.5. The molecular formula is C24H22Cl2N2O2. The molecule has 154 valence electrons. The molecule has 0 saturated carbocycles. The molecule has 4 nitrogen and oxygen atoms in total. The van der Waals surface area contributed by atoms with Gasteiger partial charge in [0.05, 0.1) is 5.69 Å².